The molecule has 6 nitrogen and oxygen atoms in total. The number of amides is 1. The largest absolute Gasteiger partial charge is 0.352 e. The van der Waals surface area contributed by atoms with Crippen molar-refractivity contribution >= 4 is 11.6 Å². The van der Waals surface area contributed by atoms with E-state index in [0.717, 1.165) is 19.5 Å². The summed E-state index contributed by atoms with van der Waals surface area (Å²) in [6.45, 7) is 2.68. The molecule has 0 aliphatic carbocycles. The molecular weight excluding hydrogens is 280 g/mol. The Morgan fingerprint density at radius 3 is 3.18 bits per heavy atom. The van der Waals surface area contributed by atoms with Crippen LogP contribution in [0, 0.1) is 5.92 Å². The number of piperidine rings is 1. The summed E-state index contributed by atoms with van der Waals surface area (Å²) in [5, 5.41) is 6.19. The van der Waals surface area contributed by atoms with Crippen LogP contribution in [-0.2, 0) is 0 Å². The molecule has 0 bridgehead atoms. The summed E-state index contributed by atoms with van der Waals surface area (Å²) < 4.78 is 1.39. The first-order valence-corrected chi connectivity index (χ1v) is 7.71. The van der Waals surface area contributed by atoms with Crippen molar-refractivity contribution in [1.82, 2.24) is 20.0 Å². The maximum Gasteiger partial charge on any atom is 0.270 e. The highest BCUT2D eigenvalue weighted by Crippen LogP contribution is 2.12. The van der Waals surface area contributed by atoms with E-state index in [-0.39, 0.29) is 17.0 Å². The molecule has 1 aliphatic heterocycles. The minimum absolute atomic E-state index is 0.0884. The van der Waals surface area contributed by atoms with Gasteiger partial charge in [0.05, 0.1) is 0 Å². The van der Waals surface area contributed by atoms with Crippen molar-refractivity contribution in [1.29, 1.82) is 0 Å². The second-order valence-corrected chi connectivity index (χ2v) is 5.66. The quantitative estimate of drug-likeness (QED) is 0.876. The van der Waals surface area contributed by atoms with Crippen molar-refractivity contribution in [2.24, 2.45) is 5.92 Å². The highest BCUT2D eigenvalue weighted by molar-refractivity contribution is 5.93. The SMILES string of the molecule is O=C(NCCC1CCCNC1)c1cnc2ccccn2c1=O. The lowest BCUT2D eigenvalue weighted by Gasteiger charge is -2.22. The molecule has 0 radical (unpaired) electrons. The number of hydrogen-bond acceptors (Lipinski definition) is 4. The van der Waals surface area contributed by atoms with Crippen LogP contribution >= 0.6 is 0 Å². The van der Waals surface area contributed by atoms with Crippen LogP contribution in [0.3, 0.4) is 0 Å². The van der Waals surface area contributed by atoms with Crippen LogP contribution in [0.2, 0.25) is 0 Å². The van der Waals surface area contributed by atoms with Gasteiger partial charge in [0.25, 0.3) is 11.5 Å². The Bertz CT molecular complexity index is 719. The molecule has 0 saturated carbocycles. The average Bonchev–Trinajstić information content (AvgIpc) is 2.56. The van der Waals surface area contributed by atoms with Crippen LogP contribution in [0.15, 0.2) is 35.4 Å². The highest BCUT2D eigenvalue weighted by Gasteiger charge is 2.15. The molecule has 116 valence electrons. The molecule has 1 unspecified atom stereocenters. The first kappa shape index (κ1) is 14.7. The number of fused-ring (bicyclic) bond motifs is 1. The zero-order chi connectivity index (χ0) is 15.4. The predicted octanol–water partition coefficient (Wildman–Crippen LogP) is 0.814. The van der Waals surface area contributed by atoms with Crippen molar-refractivity contribution in [3.63, 3.8) is 0 Å². The summed E-state index contributed by atoms with van der Waals surface area (Å²) in [6.07, 6.45) is 6.29. The van der Waals surface area contributed by atoms with Gasteiger partial charge in [-0.3, -0.25) is 14.0 Å². The number of pyridine rings is 1. The van der Waals surface area contributed by atoms with Gasteiger partial charge in [-0.05, 0) is 50.4 Å². The number of carbonyl (C=O) groups is 1. The number of nitrogens with zero attached hydrogens (tertiary/aromatic N) is 2. The van der Waals surface area contributed by atoms with E-state index in [1.54, 1.807) is 24.4 Å². The number of carbonyl (C=O) groups excluding carboxylic acids is 1. The van der Waals surface area contributed by atoms with Crippen LogP contribution in [0.25, 0.3) is 5.65 Å². The van der Waals surface area contributed by atoms with Gasteiger partial charge in [-0.1, -0.05) is 6.07 Å². The Labute approximate surface area is 128 Å². The lowest BCUT2D eigenvalue weighted by Crippen LogP contribution is -2.35. The Kier molecular flexibility index (Phi) is 4.48. The molecule has 1 aliphatic rings. The Morgan fingerprint density at radius 1 is 1.45 bits per heavy atom. The predicted molar refractivity (Wildman–Crippen MR) is 84.0 cm³/mol. The monoisotopic (exact) mass is 300 g/mol. The third-order valence-electron chi connectivity index (χ3n) is 4.10. The first-order valence-electron chi connectivity index (χ1n) is 7.71. The van der Waals surface area contributed by atoms with Crippen LogP contribution in [0.4, 0.5) is 0 Å². The molecule has 2 N–H and O–H groups in total. The molecule has 0 spiro atoms. The Balaban J connectivity index is 1.64. The molecule has 3 rings (SSSR count). The summed E-state index contributed by atoms with van der Waals surface area (Å²) in [5.74, 6) is 0.254. The molecule has 0 aromatic carbocycles. The second-order valence-electron chi connectivity index (χ2n) is 5.66. The van der Waals surface area contributed by atoms with Gasteiger partial charge >= 0.3 is 0 Å². The minimum Gasteiger partial charge on any atom is -0.352 e. The van der Waals surface area contributed by atoms with Gasteiger partial charge in [-0.15, -0.1) is 0 Å². The summed E-state index contributed by atoms with van der Waals surface area (Å²) >= 11 is 0. The van der Waals surface area contributed by atoms with E-state index >= 15 is 0 Å². The summed E-state index contributed by atoms with van der Waals surface area (Å²) in [7, 11) is 0. The summed E-state index contributed by atoms with van der Waals surface area (Å²) in [4.78, 5) is 28.6. The maximum atomic E-state index is 12.3. The molecule has 22 heavy (non-hydrogen) atoms. The van der Waals surface area contributed by atoms with Gasteiger partial charge in [-0.25, -0.2) is 4.98 Å². The lowest BCUT2D eigenvalue weighted by atomic mass is 9.96. The summed E-state index contributed by atoms with van der Waals surface area (Å²) in [5.41, 5.74) is 0.297. The van der Waals surface area contributed by atoms with E-state index < -0.39 is 0 Å². The number of rotatable bonds is 4. The van der Waals surface area contributed by atoms with Crippen LogP contribution in [0.5, 0.6) is 0 Å². The smallest absolute Gasteiger partial charge is 0.270 e. The third-order valence-corrected chi connectivity index (χ3v) is 4.10. The van der Waals surface area contributed by atoms with E-state index in [1.807, 2.05) is 0 Å². The molecule has 1 saturated heterocycles. The van der Waals surface area contributed by atoms with E-state index in [9.17, 15) is 9.59 Å². The normalized spacial score (nSPS) is 18.3. The van der Waals surface area contributed by atoms with Crippen molar-refractivity contribution in [3.8, 4) is 0 Å². The van der Waals surface area contributed by atoms with Crippen molar-refractivity contribution in [2.45, 2.75) is 19.3 Å². The molecule has 1 fully saturated rings. The van der Waals surface area contributed by atoms with Crippen LogP contribution in [0.1, 0.15) is 29.6 Å². The van der Waals surface area contributed by atoms with Crippen molar-refractivity contribution in [3.05, 3.63) is 46.5 Å². The number of aromatic nitrogens is 2. The Hall–Kier alpha value is -2.21. The summed E-state index contributed by atoms with van der Waals surface area (Å²) in [6, 6.07) is 5.28. The molecule has 1 amide bonds. The molecule has 3 heterocycles. The lowest BCUT2D eigenvalue weighted by molar-refractivity contribution is 0.0948. The van der Waals surface area contributed by atoms with Gasteiger partial charge < -0.3 is 10.6 Å². The van der Waals surface area contributed by atoms with Gasteiger partial charge in [0, 0.05) is 18.9 Å². The van der Waals surface area contributed by atoms with Crippen molar-refractivity contribution < 1.29 is 4.79 Å². The molecular formula is C16H20N4O2. The van der Waals surface area contributed by atoms with E-state index in [4.69, 9.17) is 0 Å². The molecule has 2 aromatic heterocycles. The topological polar surface area (TPSA) is 75.5 Å². The average molecular weight is 300 g/mol. The van der Waals surface area contributed by atoms with Crippen LogP contribution < -0.4 is 16.2 Å². The molecule has 6 heteroatoms. The van der Waals surface area contributed by atoms with Gasteiger partial charge in [0.2, 0.25) is 0 Å². The van der Waals surface area contributed by atoms with Gasteiger partial charge in [0.1, 0.15) is 11.2 Å². The van der Waals surface area contributed by atoms with E-state index in [1.165, 1.54) is 23.4 Å². The second kappa shape index (κ2) is 6.70. The Morgan fingerprint density at radius 2 is 2.36 bits per heavy atom. The number of nitrogens with one attached hydrogen (secondary N) is 2. The maximum absolute atomic E-state index is 12.3. The van der Waals surface area contributed by atoms with E-state index in [0.29, 0.717) is 18.1 Å². The zero-order valence-electron chi connectivity index (χ0n) is 12.4. The highest BCUT2D eigenvalue weighted by atomic mass is 16.2. The van der Waals surface area contributed by atoms with E-state index in [2.05, 4.69) is 15.6 Å². The fourth-order valence-corrected chi connectivity index (χ4v) is 2.84. The fraction of sp³-hybridized carbons (Fsp3) is 0.438. The van der Waals surface area contributed by atoms with Crippen molar-refractivity contribution in [2.75, 3.05) is 19.6 Å². The minimum atomic E-state index is -0.348. The zero-order valence-corrected chi connectivity index (χ0v) is 12.4. The number of hydrogen-bond donors (Lipinski definition) is 2. The standard InChI is InChI=1S/C16H20N4O2/c21-15(18-8-6-12-4-3-7-17-10-12)13-11-19-14-5-1-2-9-20(14)16(13)22/h1-2,5,9,11-12,17H,3-4,6-8,10H2,(H,18,21). The van der Waals surface area contributed by atoms with Crippen LogP contribution in [-0.4, -0.2) is 34.9 Å². The molecule has 1 atom stereocenters. The molecule has 2 aromatic rings. The fourth-order valence-electron chi connectivity index (χ4n) is 2.84. The third kappa shape index (κ3) is 3.17. The van der Waals surface area contributed by atoms with Gasteiger partial charge in [0.15, 0.2) is 0 Å². The first-order chi connectivity index (χ1) is 10.8. The van der Waals surface area contributed by atoms with Gasteiger partial charge in [-0.2, -0.15) is 0 Å².